The Balaban J connectivity index is 1.45. The van der Waals surface area contributed by atoms with Gasteiger partial charge in [0.05, 0.1) is 4.91 Å². The molecule has 2 aliphatic rings. The summed E-state index contributed by atoms with van der Waals surface area (Å²) in [5, 5.41) is 2.44. The summed E-state index contributed by atoms with van der Waals surface area (Å²) < 4.78 is 13.0. The zero-order valence-corrected chi connectivity index (χ0v) is 15.9. The van der Waals surface area contributed by atoms with Crippen LogP contribution in [0.5, 0.6) is 0 Å². The van der Waals surface area contributed by atoms with Crippen molar-refractivity contribution >= 4 is 34.9 Å². The van der Waals surface area contributed by atoms with Crippen LogP contribution in [0, 0.1) is 11.7 Å². The van der Waals surface area contributed by atoms with E-state index in [1.54, 1.807) is 18.2 Å². The lowest BCUT2D eigenvalue weighted by molar-refractivity contribution is -0.124. The van der Waals surface area contributed by atoms with Crippen LogP contribution in [0.4, 0.5) is 9.18 Å². The zero-order chi connectivity index (χ0) is 19.2. The highest BCUT2D eigenvalue weighted by Gasteiger charge is 2.34. The minimum absolute atomic E-state index is 0.0317. The summed E-state index contributed by atoms with van der Waals surface area (Å²) in [4.78, 5) is 37.8. The van der Waals surface area contributed by atoms with Gasteiger partial charge in [0.15, 0.2) is 0 Å². The van der Waals surface area contributed by atoms with Crippen LogP contribution < -0.4 is 5.32 Å². The average Bonchev–Trinajstić information content (AvgIpc) is 3.26. The third-order valence-electron chi connectivity index (χ3n) is 4.95. The summed E-state index contributed by atoms with van der Waals surface area (Å²) in [6, 6.07) is 5.70. The number of amides is 3. The van der Waals surface area contributed by atoms with E-state index in [4.69, 9.17) is 0 Å². The summed E-state index contributed by atoms with van der Waals surface area (Å²) in [5.74, 6) is -0.109. The normalized spacial score (nSPS) is 19.3. The Morgan fingerprint density at radius 1 is 1.22 bits per heavy atom. The van der Waals surface area contributed by atoms with Gasteiger partial charge in [-0.05, 0) is 47.9 Å². The molecule has 144 valence electrons. The van der Waals surface area contributed by atoms with Gasteiger partial charge in [0, 0.05) is 19.5 Å². The molecule has 1 aromatic carbocycles. The Kier molecular flexibility index (Phi) is 6.66. The number of carbonyl (C=O) groups excluding carboxylic acids is 3. The van der Waals surface area contributed by atoms with E-state index in [0.29, 0.717) is 22.8 Å². The van der Waals surface area contributed by atoms with Crippen LogP contribution in [0.25, 0.3) is 6.08 Å². The largest absolute Gasteiger partial charge is 0.354 e. The summed E-state index contributed by atoms with van der Waals surface area (Å²) in [5.41, 5.74) is 0.655. The standard InChI is InChI=1S/C20H23FN2O3S/c21-16-8-5-15(6-9-16)13-17-19(25)23(20(26)27-17)12-11-22-18(24)10-7-14-3-1-2-4-14/h5-6,8-9,13-14H,1-4,7,10-12H2,(H,22,24). The number of nitrogens with zero attached hydrogens (tertiary/aromatic N) is 1. The molecule has 5 nitrogen and oxygen atoms in total. The third-order valence-corrected chi connectivity index (χ3v) is 5.86. The molecule has 0 atom stereocenters. The molecule has 2 fully saturated rings. The van der Waals surface area contributed by atoms with Crippen LogP contribution in [0.15, 0.2) is 29.2 Å². The molecule has 1 aliphatic carbocycles. The van der Waals surface area contributed by atoms with E-state index >= 15 is 0 Å². The van der Waals surface area contributed by atoms with Crippen molar-refractivity contribution in [2.24, 2.45) is 5.92 Å². The maximum Gasteiger partial charge on any atom is 0.293 e. The van der Waals surface area contributed by atoms with Crippen molar-refractivity contribution in [2.75, 3.05) is 13.1 Å². The van der Waals surface area contributed by atoms with E-state index < -0.39 is 0 Å². The Labute approximate surface area is 162 Å². The van der Waals surface area contributed by atoms with Crippen LogP contribution in [-0.4, -0.2) is 35.0 Å². The number of nitrogens with one attached hydrogen (secondary N) is 1. The van der Waals surface area contributed by atoms with Gasteiger partial charge in [0.25, 0.3) is 11.1 Å². The van der Waals surface area contributed by atoms with Gasteiger partial charge in [-0.3, -0.25) is 19.3 Å². The minimum Gasteiger partial charge on any atom is -0.354 e. The van der Waals surface area contributed by atoms with Gasteiger partial charge in [0.1, 0.15) is 5.82 Å². The molecule has 3 rings (SSSR count). The fourth-order valence-corrected chi connectivity index (χ4v) is 4.30. The van der Waals surface area contributed by atoms with Crippen molar-refractivity contribution < 1.29 is 18.8 Å². The SMILES string of the molecule is O=C(CCC1CCCC1)NCCN1C(=O)SC(=Cc2ccc(F)cc2)C1=O. The molecule has 7 heteroatoms. The topological polar surface area (TPSA) is 66.5 Å². The van der Waals surface area contributed by atoms with Crippen molar-refractivity contribution in [2.45, 2.75) is 38.5 Å². The maximum atomic E-state index is 13.0. The molecule has 27 heavy (non-hydrogen) atoms. The Morgan fingerprint density at radius 3 is 2.63 bits per heavy atom. The van der Waals surface area contributed by atoms with E-state index in [1.807, 2.05) is 0 Å². The number of thioether (sulfide) groups is 1. The van der Waals surface area contributed by atoms with Gasteiger partial charge in [0.2, 0.25) is 5.91 Å². The summed E-state index contributed by atoms with van der Waals surface area (Å²) in [6.07, 6.45) is 7.93. The molecular weight excluding hydrogens is 367 g/mol. The second-order valence-corrected chi connectivity index (χ2v) is 7.92. The fraction of sp³-hybridized carbons (Fsp3) is 0.450. The van der Waals surface area contributed by atoms with Crippen molar-refractivity contribution in [3.63, 3.8) is 0 Å². The molecule has 0 radical (unpaired) electrons. The molecule has 0 unspecified atom stereocenters. The van der Waals surface area contributed by atoms with E-state index in [9.17, 15) is 18.8 Å². The minimum atomic E-state index is -0.380. The summed E-state index contributed by atoms with van der Waals surface area (Å²) in [6.45, 7) is 0.409. The lowest BCUT2D eigenvalue weighted by Crippen LogP contribution is -2.37. The van der Waals surface area contributed by atoms with Crippen molar-refractivity contribution in [3.8, 4) is 0 Å². The van der Waals surface area contributed by atoms with Gasteiger partial charge in [-0.2, -0.15) is 0 Å². The van der Waals surface area contributed by atoms with E-state index in [-0.39, 0.29) is 36.0 Å². The van der Waals surface area contributed by atoms with Gasteiger partial charge in [-0.25, -0.2) is 4.39 Å². The van der Waals surface area contributed by atoms with Gasteiger partial charge in [-0.1, -0.05) is 37.8 Å². The van der Waals surface area contributed by atoms with Crippen LogP contribution >= 0.6 is 11.8 Å². The van der Waals surface area contributed by atoms with Crippen LogP contribution in [0.1, 0.15) is 44.1 Å². The molecule has 1 aliphatic heterocycles. The predicted octanol–water partition coefficient (Wildman–Crippen LogP) is 3.95. The van der Waals surface area contributed by atoms with E-state index in [2.05, 4.69) is 5.32 Å². The first-order valence-electron chi connectivity index (χ1n) is 9.30. The third kappa shape index (κ3) is 5.42. The number of rotatable bonds is 7. The van der Waals surface area contributed by atoms with Crippen molar-refractivity contribution in [1.29, 1.82) is 0 Å². The Bertz CT molecular complexity index is 742. The predicted molar refractivity (Wildman–Crippen MR) is 103 cm³/mol. The maximum absolute atomic E-state index is 13.0. The molecule has 3 amide bonds. The number of hydrogen-bond acceptors (Lipinski definition) is 4. The van der Waals surface area contributed by atoms with Gasteiger partial charge in [-0.15, -0.1) is 0 Å². The highest BCUT2D eigenvalue weighted by atomic mass is 32.2. The monoisotopic (exact) mass is 390 g/mol. The molecular formula is C20H23FN2O3S. The Hall–Kier alpha value is -2.15. The number of benzene rings is 1. The van der Waals surface area contributed by atoms with Crippen LogP contribution in [0.3, 0.4) is 0 Å². The van der Waals surface area contributed by atoms with Crippen molar-refractivity contribution in [1.82, 2.24) is 10.2 Å². The first-order chi connectivity index (χ1) is 13.0. The number of imide groups is 1. The molecule has 1 saturated carbocycles. The highest BCUT2D eigenvalue weighted by Crippen LogP contribution is 2.32. The molecule has 1 N–H and O–H groups in total. The fourth-order valence-electron chi connectivity index (χ4n) is 3.43. The number of carbonyl (C=O) groups is 3. The molecule has 0 bridgehead atoms. The molecule has 0 spiro atoms. The van der Waals surface area contributed by atoms with Crippen LogP contribution in [-0.2, 0) is 9.59 Å². The second kappa shape index (κ2) is 9.17. The molecule has 0 aromatic heterocycles. The highest BCUT2D eigenvalue weighted by molar-refractivity contribution is 8.18. The van der Waals surface area contributed by atoms with E-state index in [0.717, 1.165) is 23.1 Å². The summed E-state index contributed by atoms with van der Waals surface area (Å²) in [7, 11) is 0. The second-order valence-electron chi connectivity index (χ2n) is 6.92. The molecule has 1 heterocycles. The van der Waals surface area contributed by atoms with Gasteiger partial charge < -0.3 is 5.32 Å². The average molecular weight is 390 g/mol. The van der Waals surface area contributed by atoms with Gasteiger partial charge >= 0.3 is 0 Å². The quantitative estimate of drug-likeness (QED) is 0.716. The lowest BCUT2D eigenvalue weighted by Gasteiger charge is -2.13. The molecule has 1 aromatic rings. The number of halogens is 1. The van der Waals surface area contributed by atoms with Crippen LogP contribution in [0.2, 0.25) is 0 Å². The first-order valence-corrected chi connectivity index (χ1v) is 10.1. The van der Waals surface area contributed by atoms with E-state index in [1.165, 1.54) is 37.8 Å². The zero-order valence-electron chi connectivity index (χ0n) is 15.1. The van der Waals surface area contributed by atoms with Crippen molar-refractivity contribution in [3.05, 3.63) is 40.6 Å². The lowest BCUT2D eigenvalue weighted by atomic mass is 10.0. The Morgan fingerprint density at radius 2 is 1.93 bits per heavy atom. The molecule has 1 saturated heterocycles. The smallest absolute Gasteiger partial charge is 0.293 e. The number of hydrogen-bond donors (Lipinski definition) is 1. The summed E-state index contributed by atoms with van der Waals surface area (Å²) >= 11 is 0.859. The first kappa shape index (κ1) is 19.6.